The molecule has 0 aliphatic carbocycles. The van der Waals surface area contributed by atoms with Crippen LogP contribution in [0.1, 0.15) is 67.5 Å². The van der Waals surface area contributed by atoms with Crippen molar-refractivity contribution in [3.05, 3.63) is 167 Å². The van der Waals surface area contributed by atoms with E-state index in [-0.39, 0.29) is 29.2 Å². The van der Waals surface area contributed by atoms with Crippen molar-refractivity contribution < 1.29 is 48.3 Å². The summed E-state index contributed by atoms with van der Waals surface area (Å²) in [6.45, 7) is 1.18. The van der Waals surface area contributed by atoms with Gasteiger partial charge in [0.25, 0.3) is 0 Å². The average molecular weight is 828 g/mol. The van der Waals surface area contributed by atoms with E-state index >= 15 is 0 Å². The van der Waals surface area contributed by atoms with Crippen molar-refractivity contribution in [2.45, 2.75) is 31.5 Å². The standard InChI is InChI=1S/C44H41N7O10/c1-27(60-44(57)59-26-58-35-9-5-4-8-33(35)37(49-41-45-20-6-21-46-41)29-11-15-31(16-12-29)39(52)53)24-28-10-19-34(36(25-28)61-43(56)51(2)3)38(50-42-47-22-7-23-48-42)30-13-17-32(18-14-30)40(54)55/h4-23,25,27,37-38H,24,26H2,1-3H3,(H,52,53)(H,54,55)(H,45,46,49)(H,47,48,50). The van der Waals surface area contributed by atoms with E-state index in [2.05, 4.69) is 30.6 Å². The number of para-hydroxylation sites is 1. The van der Waals surface area contributed by atoms with Gasteiger partial charge in [0.05, 0.1) is 23.2 Å². The first-order valence-corrected chi connectivity index (χ1v) is 18.8. The number of aromatic nitrogens is 4. The number of nitrogens with zero attached hydrogens (tertiary/aromatic N) is 5. The number of benzene rings is 4. The van der Waals surface area contributed by atoms with E-state index in [1.807, 2.05) is 0 Å². The minimum Gasteiger partial charge on any atom is -0.478 e. The SMILES string of the molecule is CC(Cc1ccc(C(Nc2ncccn2)c2ccc(C(=O)O)cc2)c(OC(=O)N(C)C)c1)OC(=O)OCOc1ccccc1C(Nc1ncccn1)c1ccc(C(=O)O)cc1. The maximum atomic E-state index is 12.9. The summed E-state index contributed by atoms with van der Waals surface area (Å²) in [6.07, 6.45) is 4.16. The molecule has 61 heavy (non-hydrogen) atoms. The fourth-order valence-electron chi connectivity index (χ4n) is 6.10. The zero-order valence-corrected chi connectivity index (χ0v) is 33.2. The number of carboxylic acids is 2. The average Bonchev–Trinajstić information content (AvgIpc) is 3.26. The number of rotatable bonds is 17. The van der Waals surface area contributed by atoms with Crippen LogP contribution in [0.15, 0.2) is 128 Å². The highest BCUT2D eigenvalue weighted by Crippen LogP contribution is 2.35. The van der Waals surface area contributed by atoms with E-state index in [4.69, 9.17) is 18.9 Å². The fourth-order valence-corrected chi connectivity index (χ4v) is 6.10. The van der Waals surface area contributed by atoms with Crippen molar-refractivity contribution in [2.24, 2.45) is 0 Å². The van der Waals surface area contributed by atoms with Gasteiger partial charge in [-0.3, -0.25) is 0 Å². The van der Waals surface area contributed by atoms with Crippen molar-refractivity contribution in [1.82, 2.24) is 24.8 Å². The van der Waals surface area contributed by atoms with Gasteiger partial charge in [-0.1, -0.05) is 54.6 Å². The lowest BCUT2D eigenvalue weighted by molar-refractivity contribution is -0.0117. The van der Waals surface area contributed by atoms with Crippen LogP contribution in [0.3, 0.4) is 0 Å². The van der Waals surface area contributed by atoms with Gasteiger partial charge < -0.3 is 44.7 Å². The zero-order chi connectivity index (χ0) is 43.3. The molecule has 0 spiro atoms. The highest BCUT2D eigenvalue weighted by Gasteiger charge is 2.25. The van der Waals surface area contributed by atoms with Crippen LogP contribution in [0.4, 0.5) is 21.5 Å². The molecule has 0 bridgehead atoms. The molecule has 6 aromatic rings. The van der Waals surface area contributed by atoms with E-state index < -0.39 is 49.2 Å². The number of ether oxygens (including phenoxy) is 4. The summed E-state index contributed by atoms with van der Waals surface area (Å²) in [4.78, 5) is 67.2. The molecule has 2 heterocycles. The number of hydrogen-bond donors (Lipinski definition) is 4. The number of nitrogens with one attached hydrogen (secondary N) is 2. The Hall–Kier alpha value is -8.08. The molecule has 2 aromatic heterocycles. The molecule has 4 N–H and O–H groups in total. The number of carbonyl (C=O) groups excluding carboxylic acids is 2. The lowest BCUT2D eigenvalue weighted by atomic mass is 9.95. The number of carboxylic acid groups (broad SMARTS) is 2. The minimum atomic E-state index is -1.08. The second kappa shape index (κ2) is 20.1. The molecule has 0 saturated heterocycles. The van der Waals surface area contributed by atoms with Crippen LogP contribution in [0.25, 0.3) is 0 Å². The molecule has 0 radical (unpaired) electrons. The Morgan fingerprint density at radius 2 is 1.16 bits per heavy atom. The summed E-state index contributed by atoms with van der Waals surface area (Å²) in [7, 11) is 3.09. The summed E-state index contributed by atoms with van der Waals surface area (Å²) >= 11 is 0. The van der Waals surface area contributed by atoms with Gasteiger partial charge in [-0.25, -0.2) is 39.1 Å². The molecule has 0 fully saturated rings. The Kier molecular flexibility index (Phi) is 14.0. The molecule has 0 aliphatic rings. The van der Waals surface area contributed by atoms with Crippen molar-refractivity contribution >= 4 is 36.1 Å². The Labute approximate surface area is 350 Å². The molecule has 3 unspecified atom stereocenters. The topological polar surface area (TPSA) is 225 Å². The summed E-state index contributed by atoms with van der Waals surface area (Å²) in [5.74, 6) is -0.978. The van der Waals surface area contributed by atoms with E-state index in [9.17, 15) is 29.4 Å². The van der Waals surface area contributed by atoms with Gasteiger partial charge in [0.2, 0.25) is 18.7 Å². The minimum absolute atomic E-state index is 0.0966. The van der Waals surface area contributed by atoms with Crippen LogP contribution in [-0.2, 0) is 15.9 Å². The van der Waals surface area contributed by atoms with Gasteiger partial charge in [-0.2, -0.15) is 0 Å². The molecule has 0 saturated carbocycles. The van der Waals surface area contributed by atoms with Gasteiger partial charge in [0.1, 0.15) is 17.6 Å². The van der Waals surface area contributed by atoms with Crippen LogP contribution in [0, 0.1) is 0 Å². The maximum absolute atomic E-state index is 12.9. The molecule has 4 aromatic carbocycles. The molecule has 17 heteroatoms. The van der Waals surface area contributed by atoms with Gasteiger partial charge in [-0.05, 0) is 72.1 Å². The van der Waals surface area contributed by atoms with Gasteiger partial charge >= 0.3 is 24.2 Å². The number of anilines is 2. The second-order valence-electron chi connectivity index (χ2n) is 13.6. The number of aromatic carboxylic acids is 2. The predicted molar refractivity (Wildman–Crippen MR) is 221 cm³/mol. The van der Waals surface area contributed by atoms with Gasteiger partial charge in [0.15, 0.2) is 0 Å². The molecule has 6 rings (SSSR count). The van der Waals surface area contributed by atoms with Crippen molar-refractivity contribution in [3.8, 4) is 11.5 Å². The highest BCUT2D eigenvalue weighted by atomic mass is 16.8. The second-order valence-corrected chi connectivity index (χ2v) is 13.6. The molecular formula is C44H41N7O10. The Balaban J connectivity index is 1.15. The van der Waals surface area contributed by atoms with Crippen LogP contribution < -0.4 is 20.1 Å². The smallest absolute Gasteiger partial charge is 0.478 e. The Morgan fingerprint density at radius 1 is 0.656 bits per heavy atom. The Bertz CT molecular complexity index is 2440. The maximum Gasteiger partial charge on any atom is 0.511 e. The van der Waals surface area contributed by atoms with Crippen LogP contribution in [-0.4, -0.2) is 86.2 Å². The number of hydrogen-bond acceptors (Lipinski definition) is 14. The van der Waals surface area contributed by atoms with Gasteiger partial charge in [-0.15, -0.1) is 0 Å². The zero-order valence-electron chi connectivity index (χ0n) is 33.2. The lowest BCUT2D eigenvalue weighted by Gasteiger charge is -2.24. The normalized spacial score (nSPS) is 12.2. The summed E-state index contributed by atoms with van der Waals surface area (Å²) < 4.78 is 22.6. The lowest BCUT2D eigenvalue weighted by Crippen LogP contribution is -2.26. The Morgan fingerprint density at radius 3 is 1.67 bits per heavy atom. The molecule has 1 amide bonds. The summed E-state index contributed by atoms with van der Waals surface area (Å²) in [5, 5.41) is 25.4. The molecule has 3 atom stereocenters. The van der Waals surface area contributed by atoms with E-state index in [0.29, 0.717) is 39.5 Å². The fraction of sp³-hybridized carbons (Fsp3) is 0.182. The molecule has 17 nitrogen and oxygen atoms in total. The van der Waals surface area contributed by atoms with Crippen molar-refractivity contribution in [3.63, 3.8) is 0 Å². The van der Waals surface area contributed by atoms with E-state index in [0.717, 1.165) is 0 Å². The molecule has 312 valence electrons. The highest BCUT2D eigenvalue weighted by molar-refractivity contribution is 5.88. The van der Waals surface area contributed by atoms with Crippen molar-refractivity contribution in [2.75, 3.05) is 31.5 Å². The van der Waals surface area contributed by atoms with E-state index in [1.54, 1.807) is 125 Å². The first-order valence-electron chi connectivity index (χ1n) is 18.8. The third-order valence-electron chi connectivity index (χ3n) is 9.05. The third-order valence-corrected chi connectivity index (χ3v) is 9.05. The first-order chi connectivity index (χ1) is 29.4. The predicted octanol–water partition coefficient (Wildman–Crippen LogP) is 7.25. The largest absolute Gasteiger partial charge is 0.511 e. The van der Waals surface area contributed by atoms with Crippen LogP contribution in [0.5, 0.6) is 11.5 Å². The first kappa shape index (κ1) is 42.5. The third kappa shape index (κ3) is 11.5. The summed E-state index contributed by atoms with van der Waals surface area (Å²) in [6, 6.07) is 26.9. The number of carbonyl (C=O) groups is 4. The van der Waals surface area contributed by atoms with Crippen molar-refractivity contribution in [1.29, 1.82) is 0 Å². The quantitative estimate of drug-likeness (QED) is 0.0525. The van der Waals surface area contributed by atoms with Gasteiger partial charge in [0, 0.05) is 56.4 Å². The number of amides is 1. The van der Waals surface area contributed by atoms with Crippen LogP contribution >= 0.6 is 0 Å². The molecule has 0 aliphatic heterocycles. The summed E-state index contributed by atoms with van der Waals surface area (Å²) in [5.41, 5.74) is 3.36. The van der Waals surface area contributed by atoms with Crippen LogP contribution in [0.2, 0.25) is 0 Å². The molecular weight excluding hydrogens is 787 g/mol. The van der Waals surface area contributed by atoms with E-state index in [1.165, 1.54) is 29.2 Å². The monoisotopic (exact) mass is 827 g/mol.